The SMILES string of the molecule is CCC(CO)Nc1nc(Nc2cc(C)ccc2OC)nc2ccccc12. The van der Waals surface area contributed by atoms with Crippen LogP contribution in [0.25, 0.3) is 10.9 Å². The number of aliphatic hydroxyl groups is 1. The molecule has 1 unspecified atom stereocenters. The molecule has 0 saturated carbocycles. The molecule has 0 saturated heterocycles. The summed E-state index contributed by atoms with van der Waals surface area (Å²) >= 11 is 0. The molecule has 0 bridgehead atoms. The molecular formula is C20H24N4O2. The van der Waals surface area contributed by atoms with Crippen molar-refractivity contribution in [3.63, 3.8) is 0 Å². The fourth-order valence-corrected chi connectivity index (χ4v) is 2.75. The fourth-order valence-electron chi connectivity index (χ4n) is 2.75. The number of ether oxygens (including phenoxy) is 1. The number of hydrogen-bond donors (Lipinski definition) is 3. The third-order valence-electron chi connectivity index (χ3n) is 4.26. The number of benzene rings is 2. The Morgan fingerprint density at radius 3 is 2.69 bits per heavy atom. The number of methoxy groups -OCH3 is 1. The minimum absolute atomic E-state index is 0.0449. The van der Waals surface area contributed by atoms with Crippen molar-refractivity contribution in [2.24, 2.45) is 0 Å². The van der Waals surface area contributed by atoms with Gasteiger partial charge in [0, 0.05) is 5.39 Å². The summed E-state index contributed by atoms with van der Waals surface area (Å²) in [6, 6.07) is 13.6. The number of nitrogens with one attached hydrogen (secondary N) is 2. The van der Waals surface area contributed by atoms with Crippen molar-refractivity contribution >= 4 is 28.4 Å². The first-order valence-electron chi connectivity index (χ1n) is 8.70. The molecule has 2 aromatic carbocycles. The van der Waals surface area contributed by atoms with Gasteiger partial charge in [-0.1, -0.05) is 25.1 Å². The number of aliphatic hydroxyl groups excluding tert-OH is 1. The molecule has 0 aliphatic heterocycles. The van der Waals surface area contributed by atoms with E-state index in [2.05, 4.69) is 20.6 Å². The normalized spacial score (nSPS) is 12.0. The molecule has 1 atom stereocenters. The van der Waals surface area contributed by atoms with E-state index in [0.29, 0.717) is 11.8 Å². The first kappa shape index (κ1) is 17.9. The van der Waals surface area contributed by atoms with Crippen LogP contribution >= 0.6 is 0 Å². The quantitative estimate of drug-likeness (QED) is 0.599. The molecule has 0 fully saturated rings. The Hall–Kier alpha value is -2.86. The van der Waals surface area contributed by atoms with Crippen molar-refractivity contribution in [1.82, 2.24) is 9.97 Å². The monoisotopic (exact) mass is 352 g/mol. The van der Waals surface area contributed by atoms with Gasteiger partial charge in [0.2, 0.25) is 5.95 Å². The zero-order chi connectivity index (χ0) is 18.5. The molecular weight excluding hydrogens is 328 g/mol. The van der Waals surface area contributed by atoms with Crippen molar-refractivity contribution in [1.29, 1.82) is 0 Å². The highest BCUT2D eigenvalue weighted by molar-refractivity contribution is 5.90. The molecule has 26 heavy (non-hydrogen) atoms. The molecule has 6 nitrogen and oxygen atoms in total. The van der Waals surface area contributed by atoms with E-state index in [1.54, 1.807) is 7.11 Å². The second-order valence-electron chi connectivity index (χ2n) is 6.17. The van der Waals surface area contributed by atoms with Gasteiger partial charge >= 0.3 is 0 Å². The number of aromatic nitrogens is 2. The lowest BCUT2D eigenvalue weighted by Crippen LogP contribution is -2.23. The van der Waals surface area contributed by atoms with Gasteiger partial charge in [-0.3, -0.25) is 0 Å². The van der Waals surface area contributed by atoms with Gasteiger partial charge in [-0.05, 0) is 43.2 Å². The first-order valence-corrected chi connectivity index (χ1v) is 8.70. The van der Waals surface area contributed by atoms with Gasteiger partial charge in [0.1, 0.15) is 11.6 Å². The lowest BCUT2D eigenvalue weighted by atomic mass is 10.2. The molecule has 0 aliphatic rings. The van der Waals surface area contributed by atoms with Crippen LogP contribution in [-0.2, 0) is 0 Å². The number of fused-ring (bicyclic) bond motifs is 1. The Bertz CT molecular complexity index is 894. The maximum atomic E-state index is 9.52. The van der Waals surface area contributed by atoms with Gasteiger partial charge in [0.15, 0.2) is 0 Å². The van der Waals surface area contributed by atoms with E-state index in [-0.39, 0.29) is 12.6 Å². The number of nitrogens with zero attached hydrogens (tertiary/aromatic N) is 2. The smallest absolute Gasteiger partial charge is 0.229 e. The molecule has 6 heteroatoms. The van der Waals surface area contributed by atoms with Crippen LogP contribution < -0.4 is 15.4 Å². The minimum Gasteiger partial charge on any atom is -0.495 e. The van der Waals surface area contributed by atoms with Crippen molar-refractivity contribution in [2.75, 3.05) is 24.4 Å². The summed E-state index contributed by atoms with van der Waals surface area (Å²) in [5.74, 6) is 1.90. The third kappa shape index (κ3) is 3.86. The molecule has 0 amide bonds. The summed E-state index contributed by atoms with van der Waals surface area (Å²) in [6.45, 7) is 4.09. The van der Waals surface area contributed by atoms with Gasteiger partial charge < -0.3 is 20.5 Å². The minimum atomic E-state index is -0.0605. The van der Waals surface area contributed by atoms with Gasteiger partial charge in [0.05, 0.1) is 31.0 Å². The van der Waals surface area contributed by atoms with Crippen molar-refractivity contribution < 1.29 is 9.84 Å². The highest BCUT2D eigenvalue weighted by Crippen LogP contribution is 2.29. The summed E-state index contributed by atoms with van der Waals surface area (Å²) < 4.78 is 5.42. The van der Waals surface area contributed by atoms with E-state index in [9.17, 15) is 5.11 Å². The molecule has 1 aromatic heterocycles. The average molecular weight is 352 g/mol. The Morgan fingerprint density at radius 1 is 1.15 bits per heavy atom. The van der Waals surface area contributed by atoms with Crippen molar-refractivity contribution in [2.45, 2.75) is 26.3 Å². The molecule has 3 N–H and O–H groups in total. The van der Waals surface area contributed by atoms with E-state index < -0.39 is 0 Å². The topological polar surface area (TPSA) is 79.3 Å². The van der Waals surface area contributed by atoms with Gasteiger partial charge in [0.25, 0.3) is 0 Å². The van der Waals surface area contributed by atoms with E-state index >= 15 is 0 Å². The number of hydrogen-bond acceptors (Lipinski definition) is 6. The summed E-state index contributed by atoms with van der Waals surface area (Å²) in [7, 11) is 1.64. The number of para-hydroxylation sites is 1. The van der Waals surface area contributed by atoms with Crippen LogP contribution in [0.1, 0.15) is 18.9 Å². The molecule has 3 rings (SSSR count). The van der Waals surface area contributed by atoms with Crippen LogP contribution in [0, 0.1) is 6.92 Å². The average Bonchev–Trinajstić information content (AvgIpc) is 2.66. The third-order valence-corrected chi connectivity index (χ3v) is 4.26. The predicted octanol–water partition coefficient (Wildman–Crippen LogP) is 3.87. The van der Waals surface area contributed by atoms with E-state index in [1.165, 1.54) is 0 Å². The zero-order valence-corrected chi connectivity index (χ0v) is 15.3. The van der Waals surface area contributed by atoms with E-state index in [4.69, 9.17) is 4.74 Å². The second kappa shape index (κ2) is 8.01. The number of aryl methyl sites for hydroxylation is 1. The number of rotatable bonds is 7. The van der Waals surface area contributed by atoms with E-state index in [1.807, 2.05) is 56.3 Å². The summed E-state index contributed by atoms with van der Waals surface area (Å²) in [5.41, 5.74) is 2.74. The largest absolute Gasteiger partial charge is 0.495 e. The van der Waals surface area contributed by atoms with E-state index in [0.717, 1.165) is 34.3 Å². The summed E-state index contributed by atoms with van der Waals surface area (Å²) in [6.07, 6.45) is 0.795. The molecule has 3 aromatic rings. The molecule has 1 heterocycles. The lowest BCUT2D eigenvalue weighted by molar-refractivity contribution is 0.271. The zero-order valence-electron chi connectivity index (χ0n) is 15.3. The van der Waals surface area contributed by atoms with Crippen LogP contribution in [0.5, 0.6) is 5.75 Å². The standard InChI is InChI=1S/C20H24N4O2/c1-4-14(12-25)21-19-15-7-5-6-8-16(15)22-20(24-19)23-17-11-13(2)9-10-18(17)26-3/h5-11,14,25H,4,12H2,1-3H3,(H2,21,22,23,24). The Balaban J connectivity index is 2.03. The Labute approximate surface area is 153 Å². The Morgan fingerprint density at radius 2 is 1.96 bits per heavy atom. The van der Waals surface area contributed by atoms with Crippen molar-refractivity contribution in [3.8, 4) is 5.75 Å². The molecule has 0 radical (unpaired) electrons. The fraction of sp³-hybridized carbons (Fsp3) is 0.300. The summed E-state index contributed by atoms with van der Waals surface area (Å²) in [5, 5.41) is 17.0. The maximum Gasteiger partial charge on any atom is 0.229 e. The van der Waals surface area contributed by atoms with Crippen LogP contribution in [0.2, 0.25) is 0 Å². The van der Waals surface area contributed by atoms with Crippen LogP contribution in [-0.4, -0.2) is 34.8 Å². The van der Waals surface area contributed by atoms with Gasteiger partial charge in [-0.15, -0.1) is 0 Å². The predicted molar refractivity (Wildman–Crippen MR) is 105 cm³/mol. The maximum absolute atomic E-state index is 9.52. The highest BCUT2D eigenvalue weighted by Gasteiger charge is 2.13. The second-order valence-corrected chi connectivity index (χ2v) is 6.17. The lowest BCUT2D eigenvalue weighted by Gasteiger charge is -2.18. The Kier molecular flexibility index (Phi) is 5.53. The highest BCUT2D eigenvalue weighted by atomic mass is 16.5. The van der Waals surface area contributed by atoms with Crippen LogP contribution in [0.15, 0.2) is 42.5 Å². The van der Waals surface area contributed by atoms with Crippen molar-refractivity contribution in [3.05, 3.63) is 48.0 Å². The summed E-state index contributed by atoms with van der Waals surface area (Å²) in [4.78, 5) is 9.25. The molecule has 0 spiro atoms. The molecule has 136 valence electrons. The van der Waals surface area contributed by atoms with Gasteiger partial charge in [-0.25, -0.2) is 4.98 Å². The van der Waals surface area contributed by atoms with Gasteiger partial charge in [-0.2, -0.15) is 4.98 Å². The van der Waals surface area contributed by atoms with Crippen LogP contribution in [0.3, 0.4) is 0 Å². The first-order chi connectivity index (χ1) is 12.6. The molecule has 0 aliphatic carbocycles. The van der Waals surface area contributed by atoms with Crippen LogP contribution in [0.4, 0.5) is 17.5 Å². The number of anilines is 3.